The summed E-state index contributed by atoms with van der Waals surface area (Å²) < 4.78 is 0. The molecule has 0 aliphatic carbocycles. The van der Waals surface area contributed by atoms with Gasteiger partial charge in [-0.1, -0.05) is 0 Å². The minimum absolute atomic E-state index is 0.823. The Balaban J connectivity index is 2.54. The van der Waals surface area contributed by atoms with Crippen LogP contribution in [0.5, 0.6) is 0 Å². The van der Waals surface area contributed by atoms with E-state index < -0.39 is 0 Å². The van der Waals surface area contributed by atoms with Gasteiger partial charge in [-0.25, -0.2) is 9.97 Å². The van der Waals surface area contributed by atoms with E-state index >= 15 is 0 Å². The minimum Gasteiger partial charge on any atom is -0.353 e. The first kappa shape index (κ1) is 6.27. The standard InChI is InChI=1S/C7H8N4/c1-11-3-2-9-6-4-8-5-10-7(6)11/h2,4-5H,3H2,1H3. The summed E-state index contributed by atoms with van der Waals surface area (Å²) in [5.74, 6) is 0.905. The molecule has 0 radical (unpaired) electrons. The highest BCUT2D eigenvalue weighted by atomic mass is 15.2. The first-order valence-electron chi connectivity index (χ1n) is 3.41. The molecule has 0 spiro atoms. The molecule has 4 heteroatoms. The SMILES string of the molecule is CN1CC=Nc2cncnc21. The number of aliphatic imine (C=N–C) groups is 1. The van der Waals surface area contributed by atoms with Crippen LogP contribution < -0.4 is 4.90 Å². The van der Waals surface area contributed by atoms with E-state index in [1.807, 2.05) is 18.2 Å². The molecule has 0 bridgehead atoms. The van der Waals surface area contributed by atoms with Crippen LogP contribution in [-0.4, -0.2) is 29.8 Å². The van der Waals surface area contributed by atoms with Crippen LogP contribution in [0.1, 0.15) is 0 Å². The van der Waals surface area contributed by atoms with E-state index in [9.17, 15) is 0 Å². The summed E-state index contributed by atoms with van der Waals surface area (Å²) in [5.41, 5.74) is 0.848. The summed E-state index contributed by atoms with van der Waals surface area (Å²) >= 11 is 0. The van der Waals surface area contributed by atoms with Gasteiger partial charge in [0.05, 0.1) is 12.7 Å². The average Bonchev–Trinajstić information content (AvgIpc) is 2.06. The molecule has 0 aromatic carbocycles. The minimum atomic E-state index is 0.823. The summed E-state index contributed by atoms with van der Waals surface area (Å²) in [7, 11) is 1.98. The second-order valence-corrected chi connectivity index (χ2v) is 2.42. The molecule has 1 aromatic heterocycles. The van der Waals surface area contributed by atoms with Crippen LogP contribution in [0.4, 0.5) is 11.5 Å². The zero-order chi connectivity index (χ0) is 7.68. The van der Waals surface area contributed by atoms with Gasteiger partial charge >= 0.3 is 0 Å². The first-order chi connectivity index (χ1) is 5.38. The summed E-state index contributed by atoms with van der Waals surface area (Å²) in [4.78, 5) is 14.2. The fourth-order valence-electron chi connectivity index (χ4n) is 1.05. The Labute approximate surface area is 64.6 Å². The van der Waals surface area contributed by atoms with Gasteiger partial charge in [-0.3, -0.25) is 4.99 Å². The zero-order valence-electron chi connectivity index (χ0n) is 6.23. The Bertz CT molecular complexity index is 294. The van der Waals surface area contributed by atoms with Crippen molar-refractivity contribution in [3.63, 3.8) is 0 Å². The highest BCUT2D eigenvalue weighted by Crippen LogP contribution is 2.24. The third-order valence-corrected chi connectivity index (χ3v) is 1.62. The molecular formula is C7H8N4. The second-order valence-electron chi connectivity index (χ2n) is 2.42. The van der Waals surface area contributed by atoms with Crippen molar-refractivity contribution in [1.82, 2.24) is 9.97 Å². The van der Waals surface area contributed by atoms with Crippen LogP contribution in [0.15, 0.2) is 17.5 Å². The molecule has 0 unspecified atom stereocenters. The molecule has 1 aliphatic heterocycles. The first-order valence-corrected chi connectivity index (χ1v) is 3.41. The van der Waals surface area contributed by atoms with Gasteiger partial charge in [-0.05, 0) is 0 Å². The number of nitrogens with zero attached hydrogens (tertiary/aromatic N) is 4. The number of hydrogen-bond donors (Lipinski definition) is 0. The van der Waals surface area contributed by atoms with E-state index in [-0.39, 0.29) is 0 Å². The number of anilines is 1. The highest BCUT2D eigenvalue weighted by molar-refractivity contribution is 5.78. The van der Waals surface area contributed by atoms with Crippen LogP contribution >= 0.6 is 0 Å². The summed E-state index contributed by atoms with van der Waals surface area (Å²) in [6.07, 6.45) is 5.11. The van der Waals surface area contributed by atoms with Crippen molar-refractivity contribution in [3.05, 3.63) is 12.5 Å². The fourth-order valence-corrected chi connectivity index (χ4v) is 1.05. The lowest BCUT2D eigenvalue weighted by atomic mass is 10.4. The fraction of sp³-hybridized carbons (Fsp3) is 0.286. The van der Waals surface area contributed by atoms with E-state index in [1.165, 1.54) is 6.33 Å². The predicted octanol–water partition coefficient (Wildman–Crippen LogP) is 0.629. The van der Waals surface area contributed by atoms with Crippen LogP contribution in [0, 0.1) is 0 Å². The van der Waals surface area contributed by atoms with Crippen molar-refractivity contribution in [2.45, 2.75) is 0 Å². The molecule has 0 fully saturated rings. The van der Waals surface area contributed by atoms with E-state index in [2.05, 4.69) is 15.0 Å². The molecule has 11 heavy (non-hydrogen) atoms. The molecular weight excluding hydrogens is 140 g/mol. The monoisotopic (exact) mass is 148 g/mol. The quantitative estimate of drug-likeness (QED) is 0.541. The Morgan fingerprint density at radius 1 is 1.55 bits per heavy atom. The Morgan fingerprint density at radius 2 is 2.45 bits per heavy atom. The van der Waals surface area contributed by atoms with Crippen molar-refractivity contribution < 1.29 is 0 Å². The molecule has 0 saturated carbocycles. The van der Waals surface area contributed by atoms with Gasteiger partial charge in [0.1, 0.15) is 12.0 Å². The predicted molar refractivity (Wildman–Crippen MR) is 43.5 cm³/mol. The lowest BCUT2D eigenvalue weighted by Crippen LogP contribution is -2.23. The Morgan fingerprint density at radius 3 is 3.27 bits per heavy atom. The van der Waals surface area contributed by atoms with Crippen molar-refractivity contribution >= 4 is 17.7 Å². The van der Waals surface area contributed by atoms with Gasteiger partial charge in [-0.15, -0.1) is 0 Å². The molecule has 1 aliphatic rings. The average molecular weight is 148 g/mol. The second kappa shape index (κ2) is 2.30. The molecule has 0 saturated heterocycles. The number of aromatic nitrogens is 2. The molecule has 56 valence electrons. The number of fused-ring (bicyclic) bond motifs is 1. The van der Waals surface area contributed by atoms with Crippen LogP contribution in [-0.2, 0) is 0 Å². The van der Waals surface area contributed by atoms with E-state index in [0.29, 0.717) is 0 Å². The lowest BCUT2D eigenvalue weighted by Gasteiger charge is -2.19. The molecule has 4 nitrogen and oxygen atoms in total. The van der Waals surface area contributed by atoms with Gasteiger partial charge in [0.15, 0.2) is 5.82 Å². The zero-order valence-corrected chi connectivity index (χ0v) is 6.23. The third-order valence-electron chi connectivity index (χ3n) is 1.62. The van der Waals surface area contributed by atoms with Crippen LogP contribution in [0.25, 0.3) is 0 Å². The number of hydrogen-bond acceptors (Lipinski definition) is 4. The Kier molecular flexibility index (Phi) is 1.31. The summed E-state index contributed by atoms with van der Waals surface area (Å²) in [6, 6.07) is 0. The van der Waals surface area contributed by atoms with Gasteiger partial charge < -0.3 is 4.90 Å². The molecule has 1 aromatic rings. The normalized spacial score (nSPS) is 14.8. The van der Waals surface area contributed by atoms with Gasteiger partial charge in [0.2, 0.25) is 0 Å². The largest absolute Gasteiger partial charge is 0.353 e. The van der Waals surface area contributed by atoms with Crippen LogP contribution in [0.2, 0.25) is 0 Å². The van der Waals surface area contributed by atoms with Crippen LogP contribution in [0.3, 0.4) is 0 Å². The number of rotatable bonds is 0. The summed E-state index contributed by atoms with van der Waals surface area (Å²) in [5, 5.41) is 0. The van der Waals surface area contributed by atoms with Crippen molar-refractivity contribution in [3.8, 4) is 0 Å². The van der Waals surface area contributed by atoms with E-state index in [0.717, 1.165) is 18.1 Å². The van der Waals surface area contributed by atoms with Crippen molar-refractivity contribution in [1.29, 1.82) is 0 Å². The molecule has 0 N–H and O–H groups in total. The van der Waals surface area contributed by atoms with Gasteiger partial charge in [0.25, 0.3) is 0 Å². The van der Waals surface area contributed by atoms with E-state index in [1.54, 1.807) is 6.20 Å². The maximum absolute atomic E-state index is 4.15. The third kappa shape index (κ3) is 0.960. The Hall–Kier alpha value is -1.45. The van der Waals surface area contributed by atoms with Gasteiger partial charge in [-0.2, -0.15) is 0 Å². The maximum Gasteiger partial charge on any atom is 0.158 e. The smallest absolute Gasteiger partial charge is 0.158 e. The highest BCUT2D eigenvalue weighted by Gasteiger charge is 2.10. The molecule has 0 amide bonds. The topological polar surface area (TPSA) is 41.4 Å². The molecule has 2 rings (SSSR count). The maximum atomic E-state index is 4.15. The van der Waals surface area contributed by atoms with Gasteiger partial charge in [0, 0.05) is 13.3 Å². The van der Waals surface area contributed by atoms with E-state index in [4.69, 9.17) is 0 Å². The molecule has 2 heterocycles. The molecule has 0 atom stereocenters. The lowest BCUT2D eigenvalue weighted by molar-refractivity contribution is 0.983. The summed E-state index contributed by atoms with van der Waals surface area (Å²) in [6.45, 7) is 0.823. The van der Waals surface area contributed by atoms with Crippen molar-refractivity contribution in [2.75, 3.05) is 18.5 Å². The van der Waals surface area contributed by atoms with Crippen molar-refractivity contribution in [2.24, 2.45) is 4.99 Å².